The molecular weight excluding hydrogens is 500 g/mol. The van der Waals surface area contributed by atoms with E-state index in [1.54, 1.807) is 18.2 Å². The molecule has 0 unspecified atom stereocenters. The van der Waals surface area contributed by atoms with Crippen LogP contribution in [-0.2, 0) is 5.41 Å². The summed E-state index contributed by atoms with van der Waals surface area (Å²) >= 11 is 0. The van der Waals surface area contributed by atoms with E-state index in [-0.39, 0.29) is 5.41 Å². The second kappa shape index (κ2) is 11.4. The molecule has 206 valence electrons. The van der Waals surface area contributed by atoms with E-state index in [1.165, 1.54) is 7.11 Å². The predicted molar refractivity (Wildman–Crippen MR) is 159 cm³/mol. The van der Waals surface area contributed by atoms with Gasteiger partial charge < -0.3 is 14.2 Å². The molecule has 0 aliphatic heterocycles. The third-order valence-corrected chi connectivity index (χ3v) is 7.55. The summed E-state index contributed by atoms with van der Waals surface area (Å²) in [6.07, 6.45) is 1.60. The fourth-order valence-corrected chi connectivity index (χ4v) is 5.13. The Kier molecular flexibility index (Phi) is 8.15. The van der Waals surface area contributed by atoms with Gasteiger partial charge in [-0.15, -0.1) is 0 Å². The lowest BCUT2D eigenvalue weighted by molar-refractivity contribution is 0.111. The monoisotopic (exact) mass is 536 g/mol. The molecule has 0 saturated heterocycles. The zero-order valence-electron chi connectivity index (χ0n) is 24.5. The molecule has 0 saturated carbocycles. The Balaban J connectivity index is 1.69. The van der Waals surface area contributed by atoms with Crippen molar-refractivity contribution in [1.29, 1.82) is 0 Å². The summed E-state index contributed by atoms with van der Waals surface area (Å²) in [6, 6.07) is 19.5. The van der Waals surface area contributed by atoms with Gasteiger partial charge in [-0.1, -0.05) is 56.3 Å². The molecule has 0 spiro atoms. The van der Waals surface area contributed by atoms with Crippen molar-refractivity contribution in [3.05, 3.63) is 111 Å². The van der Waals surface area contributed by atoms with E-state index in [1.807, 2.05) is 52.8 Å². The van der Waals surface area contributed by atoms with Crippen LogP contribution in [0.3, 0.4) is 0 Å². The molecule has 0 aromatic heterocycles. The summed E-state index contributed by atoms with van der Waals surface area (Å²) < 4.78 is 17.9. The average Bonchev–Trinajstić information content (AvgIpc) is 2.92. The maximum absolute atomic E-state index is 11.8. The van der Waals surface area contributed by atoms with Crippen molar-refractivity contribution >= 4 is 12.6 Å². The summed E-state index contributed by atoms with van der Waals surface area (Å²) in [6.45, 7) is 14.4. The molecule has 5 nitrogen and oxygen atoms in total. The number of aldehydes is 2. The SMILES string of the molecule is COc1cccc(Oc2c(C)cc(C(C)(C)c3cc(C)c(Oc4cccc(C)c4C=O)c(C)c3)cc2C)c1C=O. The first-order valence-corrected chi connectivity index (χ1v) is 13.3. The van der Waals surface area contributed by atoms with Gasteiger partial charge in [-0.25, -0.2) is 0 Å². The topological polar surface area (TPSA) is 61.8 Å². The molecule has 0 atom stereocenters. The number of ether oxygens (including phenoxy) is 3. The second-order valence-corrected chi connectivity index (χ2v) is 10.8. The van der Waals surface area contributed by atoms with Gasteiger partial charge in [0.25, 0.3) is 0 Å². The second-order valence-electron chi connectivity index (χ2n) is 10.8. The fraction of sp³-hybridized carbons (Fsp3) is 0.257. The molecule has 0 aliphatic carbocycles. The van der Waals surface area contributed by atoms with Crippen LogP contribution in [0, 0.1) is 34.6 Å². The lowest BCUT2D eigenvalue weighted by Gasteiger charge is -2.29. The van der Waals surface area contributed by atoms with E-state index >= 15 is 0 Å². The third kappa shape index (κ3) is 5.37. The maximum atomic E-state index is 11.8. The van der Waals surface area contributed by atoms with Crippen LogP contribution in [0.5, 0.6) is 28.7 Å². The van der Waals surface area contributed by atoms with Crippen LogP contribution in [0.2, 0.25) is 0 Å². The van der Waals surface area contributed by atoms with Crippen LogP contribution in [0.25, 0.3) is 0 Å². The van der Waals surface area contributed by atoms with Crippen molar-refractivity contribution in [2.75, 3.05) is 7.11 Å². The lowest BCUT2D eigenvalue weighted by Crippen LogP contribution is -2.20. The standard InChI is InChI=1S/C35H36O5/c1-21-11-9-13-31(28(21)19-36)39-33-22(2)15-26(16-23(33)3)35(6,7)27-17-24(4)34(25(5)18-27)40-32-14-10-12-30(38-8)29(32)20-37/h9-20H,1-8H3. The largest absolute Gasteiger partial charge is 0.496 e. The van der Waals surface area contributed by atoms with Crippen molar-refractivity contribution < 1.29 is 23.8 Å². The van der Waals surface area contributed by atoms with Crippen molar-refractivity contribution in [3.8, 4) is 28.7 Å². The van der Waals surface area contributed by atoms with Crippen LogP contribution >= 0.6 is 0 Å². The Labute approximate surface area is 236 Å². The van der Waals surface area contributed by atoms with Gasteiger partial charge in [-0.05, 0) is 91.8 Å². The Morgan fingerprint density at radius 1 is 0.575 bits per heavy atom. The van der Waals surface area contributed by atoms with Gasteiger partial charge in [0.15, 0.2) is 12.6 Å². The predicted octanol–water partition coefficient (Wildman–Crippen LogP) is 8.77. The zero-order chi connectivity index (χ0) is 29.2. The molecule has 0 amide bonds. The minimum atomic E-state index is -0.316. The Hall–Kier alpha value is -4.38. The highest BCUT2D eigenvalue weighted by molar-refractivity contribution is 5.84. The highest BCUT2D eigenvalue weighted by Crippen LogP contribution is 2.41. The lowest BCUT2D eigenvalue weighted by atomic mass is 9.76. The fourth-order valence-electron chi connectivity index (χ4n) is 5.13. The van der Waals surface area contributed by atoms with Crippen LogP contribution in [0.15, 0.2) is 60.7 Å². The maximum Gasteiger partial charge on any atom is 0.157 e. The van der Waals surface area contributed by atoms with Gasteiger partial charge in [0.2, 0.25) is 0 Å². The van der Waals surface area contributed by atoms with Gasteiger partial charge in [-0.3, -0.25) is 9.59 Å². The first-order chi connectivity index (χ1) is 19.0. The van der Waals surface area contributed by atoms with Gasteiger partial charge in [0.05, 0.1) is 18.2 Å². The van der Waals surface area contributed by atoms with E-state index in [0.717, 1.165) is 63.0 Å². The molecule has 0 radical (unpaired) electrons. The molecule has 0 aliphatic rings. The first kappa shape index (κ1) is 28.6. The number of aryl methyl sites for hydroxylation is 5. The average molecular weight is 537 g/mol. The normalized spacial score (nSPS) is 11.2. The van der Waals surface area contributed by atoms with Crippen molar-refractivity contribution in [2.24, 2.45) is 0 Å². The van der Waals surface area contributed by atoms with Gasteiger partial charge in [0.1, 0.15) is 28.7 Å². The van der Waals surface area contributed by atoms with Crippen molar-refractivity contribution in [1.82, 2.24) is 0 Å². The van der Waals surface area contributed by atoms with E-state index in [0.29, 0.717) is 28.4 Å². The quantitative estimate of drug-likeness (QED) is 0.200. The minimum absolute atomic E-state index is 0.316. The number of rotatable bonds is 9. The van der Waals surface area contributed by atoms with Gasteiger partial charge >= 0.3 is 0 Å². The molecular formula is C35H36O5. The van der Waals surface area contributed by atoms with Crippen molar-refractivity contribution in [3.63, 3.8) is 0 Å². The van der Waals surface area contributed by atoms with Crippen LogP contribution in [0.1, 0.15) is 73.5 Å². The zero-order valence-corrected chi connectivity index (χ0v) is 24.5. The summed E-state index contributed by atoms with van der Waals surface area (Å²) in [4.78, 5) is 23.4. The Morgan fingerprint density at radius 2 is 0.975 bits per heavy atom. The molecule has 4 rings (SSSR count). The first-order valence-electron chi connectivity index (χ1n) is 13.3. The Morgan fingerprint density at radius 3 is 1.40 bits per heavy atom. The van der Waals surface area contributed by atoms with Crippen LogP contribution in [-0.4, -0.2) is 19.7 Å². The Bertz CT molecular complexity index is 1550. The van der Waals surface area contributed by atoms with E-state index < -0.39 is 0 Å². The minimum Gasteiger partial charge on any atom is -0.496 e. The molecule has 0 bridgehead atoms. The molecule has 0 heterocycles. The third-order valence-electron chi connectivity index (χ3n) is 7.55. The van der Waals surface area contributed by atoms with Crippen LogP contribution < -0.4 is 14.2 Å². The summed E-state index contributed by atoms with van der Waals surface area (Å²) in [5.41, 5.74) is 7.73. The molecule has 0 fully saturated rings. The summed E-state index contributed by atoms with van der Waals surface area (Å²) in [5, 5.41) is 0. The summed E-state index contributed by atoms with van der Waals surface area (Å²) in [5.74, 6) is 2.97. The molecule has 4 aromatic carbocycles. The number of carbonyl (C=O) groups is 2. The van der Waals surface area contributed by atoms with Crippen molar-refractivity contribution in [2.45, 2.75) is 53.9 Å². The van der Waals surface area contributed by atoms with Gasteiger partial charge in [0, 0.05) is 5.41 Å². The highest BCUT2D eigenvalue weighted by atomic mass is 16.5. The number of hydrogen-bond acceptors (Lipinski definition) is 5. The van der Waals surface area contributed by atoms with Crippen LogP contribution in [0.4, 0.5) is 0 Å². The van der Waals surface area contributed by atoms with E-state index in [2.05, 4.69) is 38.1 Å². The van der Waals surface area contributed by atoms with E-state index in [4.69, 9.17) is 14.2 Å². The molecule has 40 heavy (non-hydrogen) atoms. The number of hydrogen-bond donors (Lipinski definition) is 0. The number of methoxy groups -OCH3 is 1. The molecule has 5 heteroatoms. The molecule has 0 N–H and O–H groups in total. The smallest absolute Gasteiger partial charge is 0.157 e. The summed E-state index contributed by atoms with van der Waals surface area (Å²) in [7, 11) is 1.53. The highest BCUT2D eigenvalue weighted by Gasteiger charge is 2.27. The number of carbonyl (C=O) groups excluding carboxylic acids is 2. The van der Waals surface area contributed by atoms with Gasteiger partial charge in [-0.2, -0.15) is 0 Å². The molecule has 4 aromatic rings. The number of benzene rings is 4. The van der Waals surface area contributed by atoms with E-state index in [9.17, 15) is 9.59 Å².